The molecule has 0 amide bonds. The van der Waals surface area contributed by atoms with Gasteiger partial charge in [-0.15, -0.1) is 0 Å². The zero-order valence-electron chi connectivity index (χ0n) is 11.8. The number of hydrogen-bond donors (Lipinski definition) is 1. The summed E-state index contributed by atoms with van der Waals surface area (Å²) in [5, 5.41) is 13.5. The molecule has 0 aliphatic carbocycles. The molecule has 3 rings (SSSR count). The molecule has 1 aromatic carbocycles. The SMILES string of the molecule is Cc1ccc(-n2cccn2)c(CN2CC=C[C@H]2C(=O)O)c1. The molecule has 5 nitrogen and oxygen atoms in total. The number of carbonyl (C=O) groups is 1. The average molecular weight is 283 g/mol. The van der Waals surface area contributed by atoms with E-state index < -0.39 is 12.0 Å². The molecule has 1 N–H and O–H groups in total. The van der Waals surface area contributed by atoms with Gasteiger partial charge in [0.05, 0.1) is 5.69 Å². The van der Waals surface area contributed by atoms with Gasteiger partial charge in [0.15, 0.2) is 0 Å². The molecule has 2 aromatic rings. The predicted molar refractivity (Wildman–Crippen MR) is 79.3 cm³/mol. The van der Waals surface area contributed by atoms with Gasteiger partial charge in [-0.1, -0.05) is 29.8 Å². The summed E-state index contributed by atoms with van der Waals surface area (Å²) < 4.78 is 1.81. The lowest BCUT2D eigenvalue weighted by Gasteiger charge is -2.22. The van der Waals surface area contributed by atoms with Gasteiger partial charge in [-0.05, 0) is 24.6 Å². The highest BCUT2D eigenvalue weighted by Gasteiger charge is 2.26. The van der Waals surface area contributed by atoms with Crippen LogP contribution in [0, 0.1) is 6.92 Å². The first-order chi connectivity index (χ1) is 10.1. The third kappa shape index (κ3) is 2.73. The number of hydrogen-bond acceptors (Lipinski definition) is 3. The Morgan fingerprint density at radius 2 is 2.33 bits per heavy atom. The van der Waals surface area contributed by atoms with E-state index in [9.17, 15) is 9.90 Å². The molecule has 0 radical (unpaired) electrons. The first-order valence-electron chi connectivity index (χ1n) is 6.88. The van der Waals surface area contributed by atoms with Crippen LogP contribution >= 0.6 is 0 Å². The van der Waals surface area contributed by atoms with Gasteiger partial charge >= 0.3 is 5.97 Å². The van der Waals surface area contributed by atoms with Gasteiger partial charge < -0.3 is 5.11 Å². The highest BCUT2D eigenvalue weighted by Crippen LogP contribution is 2.21. The molecule has 0 saturated heterocycles. The van der Waals surface area contributed by atoms with Crippen LogP contribution in [0.5, 0.6) is 0 Å². The Hall–Kier alpha value is -2.40. The van der Waals surface area contributed by atoms with Crippen LogP contribution in [0.4, 0.5) is 0 Å². The van der Waals surface area contributed by atoms with Crippen LogP contribution < -0.4 is 0 Å². The molecule has 108 valence electrons. The third-order valence-electron chi connectivity index (χ3n) is 3.66. The quantitative estimate of drug-likeness (QED) is 0.872. The number of benzene rings is 1. The van der Waals surface area contributed by atoms with E-state index in [0.717, 1.165) is 16.8 Å². The lowest BCUT2D eigenvalue weighted by molar-refractivity contribution is -0.141. The number of rotatable bonds is 4. The van der Waals surface area contributed by atoms with Crippen LogP contribution in [0.3, 0.4) is 0 Å². The molecule has 0 unspecified atom stereocenters. The van der Waals surface area contributed by atoms with Crippen molar-refractivity contribution in [2.24, 2.45) is 0 Å². The van der Waals surface area contributed by atoms with Crippen molar-refractivity contribution >= 4 is 5.97 Å². The fraction of sp³-hybridized carbons (Fsp3) is 0.250. The topological polar surface area (TPSA) is 58.4 Å². The lowest BCUT2D eigenvalue weighted by Crippen LogP contribution is -2.36. The first-order valence-corrected chi connectivity index (χ1v) is 6.88. The van der Waals surface area contributed by atoms with Gasteiger partial charge in [-0.3, -0.25) is 9.69 Å². The van der Waals surface area contributed by atoms with Crippen molar-refractivity contribution in [1.82, 2.24) is 14.7 Å². The Kier molecular flexibility index (Phi) is 3.58. The number of aromatic nitrogens is 2. The summed E-state index contributed by atoms with van der Waals surface area (Å²) in [6.07, 6.45) is 7.28. The van der Waals surface area contributed by atoms with Crippen LogP contribution in [0.15, 0.2) is 48.8 Å². The van der Waals surface area contributed by atoms with E-state index in [1.54, 1.807) is 12.3 Å². The standard InChI is InChI=1S/C16H17N3O2/c1-12-5-6-14(19-9-3-7-17-19)13(10-12)11-18-8-2-4-15(18)16(20)21/h2-7,9-10,15H,8,11H2,1H3,(H,20,21)/t15-/m0/s1. The fourth-order valence-corrected chi connectivity index (χ4v) is 2.66. The van der Waals surface area contributed by atoms with Crippen LogP contribution in [-0.4, -0.2) is 38.3 Å². The first kappa shape index (κ1) is 13.6. The molecular formula is C16H17N3O2. The maximum Gasteiger partial charge on any atom is 0.324 e. The molecular weight excluding hydrogens is 266 g/mol. The second kappa shape index (κ2) is 5.54. The molecule has 0 fully saturated rings. The van der Waals surface area contributed by atoms with Crippen LogP contribution in [-0.2, 0) is 11.3 Å². The summed E-state index contributed by atoms with van der Waals surface area (Å²) in [6, 6.07) is 7.49. The van der Waals surface area contributed by atoms with E-state index in [1.807, 2.05) is 47.0 Å². The third-order valence-corrected chi connectivity index (χ3v) is 3.66. The molecule has 0 spiro atoms. The number of carboxylic acid groups (broad SMARTS) is 1. The number of carboxylic acids is 1. The Bertz CT molecular complexity index is 677. The van der Waals surface area contributed by atoms with E-state index in [1.165, 1.54) is 0 Å². The van der Waals surface area contributed by atoms with E-state index in [-0.39, 0.29) is 0 Å². The van der Waals surface area contributed by atoms with Crippen molar-refractivity contribution in [2.45, 2.75) is 19.5 Å². The van der Waals surface area contributed by atoms with Crippen molar-refractivity contribution in [2.75, 3.05) is 6.54 Å². The van der Waals surface area contributed by atoms with Crippen LogP contribution in [0.25, 0.3) is 5.69 Å². The second-order valence-corrected chi connectivity index (χ2v) is 5.22. The van der Waals surface area contributed by atoms with Gasteiger partial charge in [-0.2, -0.15) is 5.10 Å². The fourth-order valence-electron chi connectivity index (χ4n) is 2.66. The largest absolute Gasteiger partial charge is 0.480 e. The Morgan fingerprint density at radius 1 is 1.48 bits per heavy atom. The van der Waals surface area contributed by atoms with Crippen molar-refractivity contribution in [3.63, 3.8) is 0 Å². The molecule has 21 heavy (non-hydrogen) atoms. The van der Waals surface area contributed by atoms with Crippen molar-refractivity contribution < 1.29 is 9.90 Å². The lowest BCUT2D eigenvalue weighted by atomic mass is 10.1. The van der Waals surface area contributed by atoms with Gasteiger partial charge in [0.2, 0.25) is 0 Å². The summed E-state index contributed by atoms with van der Waals surface area (Å²) in [6.45, 7) is 3.28. The summed E-state index contributed by atoms with van der Waals surface area (Å²) in [4.78, 5) is 13.2. The molecule has 1 aromatic heterocycles. The Labute approximate surface area is 123 Å². The maximum atomic E-state index is 11.3. The minimum absolute atomic E-state index is 0.545. The molecule has 2 heterocycles. The average Bonchev–Trinajstić information content (AvgIpc) is 3.09. The number of aliphatic carboxylic acids is 1. The summed E-state index contributed by atoms with van der Waals surface area (Å²) in [5.74, 6) is -0.808. The maximum absolute atomic E-state index is 11.3. The Morgan fingerprint density at radius 3 is 3.05 bits per heavy atom. The number of nitrogens with zero attached hydrogens (tertiary/aromatic N) is 3. The van der Waals surface area contributed by atoms with E-state index in [4.69, 9.17) is 0 Å². The van der Waals surface area contributed by atoms with Crippen LogP contribution in [0.1, 0.15) is 11.1 Å². The van der Waals surface area contributed by atoms with E-state index in [2.05, 4.69) is 11.2 Å². The molecule has 5 heteroatoms. The summed E-state index contributed by atoms with van der Waals surface area (Å²) >= 11 is 0. The molecule has 1 aliphatic rings. The highest BCUT2D eigenvalue weighted by molar-refractivity contribution is 5.76. The van der Waals surface area contributed by atoms with Gasteiger partial charge in [-0.25, -0.2) is 4.68 Å². The van der Waals surface area contributed by atoms with E-state index >= 15 is 0 Å². The van der Waals surface area contributed by atoms with Crippen molar-refractivity contribution in [3.8, 4) is 5.69 Å². The van der Waals surface area contributed by atoms with E-state index in [0.29, 0.717) is 13.1 Å². The second-order valence-electron chi connectivity index (χ2n) is 5.22. The highest BCUT2D eigenvalue weighted by atomic mass is 16.4. The number of aryl methyl sites for hydroxylation is 1. The molecule has 0 bridgehead atoms. The van der Waals surface area contributed by atoms with Crippen LogP contribution in [0.2, 0.25) is 0 Å². The summed E-state index contributed by atoms with van der Waals surface area (Å²) in [7, 11) is 0. The minimum Gasteiger partial charge on any atom is -0.480 e. The van der Waals surface area contributed by atoms with Crippen molar-refractivity contribution in [1.29, 1.82) is 0 Å². The smallest absolute Gasteiger partial charge is 0.324 e. The normalized spacial score (nSPS) is 18.2. The monoisotopic (exact) mass is 283 g/mol. The van der Waals surface area contributed by atoms with Gasteiger partial charge in [0, 0.05) is 25.5 Å². The predicted octanol–water partition coefficient (Wildman–Crippen LogP) is 2.01. The minimum atomic E-state index is -0.808. The zero-order valence-corrected chi connectivity index (χ0v) is 11.8. The van der Waals surface area contributed by atoms with Gasteiger partial charge in [0.25, 0.3) is 0 Å². The molecule has 1 atom stereocenters. The Balaban J connectivity index is 1.91. The molecule has 1 aliphatic heterocycles. The zero-order chi connectivity index (χ0) is 14.8. The molecule has 0 saturated carbocycles. The van der Waals surface area contributed by atoms with Crippen molar-refractivity contribution in [3.05, 3.63) is 59.9 Å². The summed E-state index contributed by atoms with van der Waals surface area (Å²) in [5.41, 5.74) is 3.22. The van der Waals surface area contributed by atoms with Gasteiger partial charge in [0.1, 0.15) is 6.04 Å².